The minimum Gasteiger partial charge on any atom is -0.389 e. The van der Waals surface area contributed by atoms with Gasteiger partial charge in [-0.1, -0.05) is 35.2 Å². The van der Waals surface area contributed by atoms with Crippen molar-refractivity contribution in [3.63, 3.8) is 0 Å². The highest BCUT2D eigenvalue weighted by molar-refractivity contribution is 9.10. The number of benzene rings is 1. The molecule has 0 spiro atoms. The van der Waals surface area contributed by atoms with Gasteiger partial charge in [0.2, 0.25) is 0 Å². The molecule has 0 aromatic heterocycles. The number of fused-ring (bicyclic) bond motifs is 1. The minimum absolute atomic E-state index is 0.411. The van der Waals surface area contributed by atoms with Gasteiger partial charge in [-0.3, -0.25) is 0 Å². The summed E-state index contributed by atoms with van der Waals surface area (Å²) in [5, 5.41) is 10.0. The number of rotatable bonds is 2. The normalized spacial score (nSPS) is 28.1. The average Bonchev–Trinajstić information content (AvgIpc) is 2.46. The lowest BCUT2D eigenvalue weighted by Gasteiger charge is -2.43. The van der Waals surface area contributed by atoms with E-state index < -0.39 is 6.10 Å². The Labute approximate surface area is 130 Å². The van der Waals surface area contributed by atoms with Gasteiger partial charge < -0.3 is 10.0 Å². The molecule has 2 nitrogen and oxygen atoms in total. The van der Waals surface area contributed by atoms with Gasteiger partial charge in [-0.2, -0.15) is 0 Å². The second-order valence-corrected chi connectivity index (χ2v) is 7.33. The van der Waals surface area contributed by atoms with Crippen molar-refractivity contribution in [2.24, 2.45) is 11.8 Å². The largest absolute Gasteiger partial charge is 0.389 e. The molecule has 1 heterocycles. The maximum absolute atomic E-state index is 10.0. The number of aliphatic hydroxyl groups is 1. The Hall–Kier alpha value is -0.540. The average molecular weight is 338 g/mol. The van der Waals surface area contributed by atoms with Gasteiger partial charge >= 0.3 is 0 Å². The van der Waals surface area contributed by atoms with Gasteiger partial charge in [0.25, 0.3) is 0 Å². The lowest BCUT2D eigenvalue weighted by atomic mass is 9.75. The molecule has 20 heavy (non-hydrogen) atoms. The summed E-state index contributed by atoms with van der Waals surface area (Å²) < 4.78 is 1.05. The first kappa shape index (κ1) is 14.4. The summed E-state index contributed by atoms with van der Waals surface area (Å²) >= 11 is 3.51. The van der Waals surface area contributed by atoms with Crippen LogP contribution >= 0.6 is 15.9 Å². The second kappa shape index (κ2) is 6.07. The molecule has 1 saturated carbocycles. The highest BCUT2D eigenvalue weighted by atomic mass is 79.9. The van der Waals surface area contributed by atoms with E-state index in [1.165, 1.54) is 44.3 Å². The molecule has 3 heteroatoms. The highest BCUT2D eigenvalue weighted by Crippen LogP contribution is 2.39. The lowest BCUT2D eigenvalue weighted by molar-refractivity contribution is 0.193. The molecular formula is C17H24BrNO. The SMILES string of the molecule is CC(O)c1cc(Br)ccc1N1CCC2CCCCC2C1. The fourth-order valence-electron chi connectivity index (χ4n) is 3.97. The van der Waals surface area contributed by atoms with Crippen molar-refractivity contribution in [3.05, 3.63) is 28.2 Å². The summed E-state index contributed by atoms with van der Waals surface area (Å²) in [6.45, 7) is 4.17. The van der Waals surface area contributed by atoms with Crippen molar-refractivity contribution >= 4 is 21.6 Å². The summed E-state index contributed by atoms with van der Waals surface area (Å²) in [7, 11) is 0. The predicted molar refractivity (Wildman–Crippen MR) is 87.1 cm³/mol. The Bertz CT molecular complexity index is 474. The van der Waals surface area contributed by atoms with Gasteiger partial charge in [0.1, 0.15) is 0 Å². The first-order chi connectivity index (χ1) is 9.65. The van der Waals surface area contributed by atoms with Crippen LogP contribution in [-0.4, -0.2) is 18.2 Å². The number of piperidine rings is 1. The fraction of sp³-hybridized carbons (Fsp3) is 0.647. The molecule has 110 valence electrons. The lowest BCUT2D eigenvalue weighted by Crippen LogP contribution is -2.42. The van der Waals surface area contributed by atoms with Gasteiger partial charge in [0, 0.05) is 28.8 Å². The molecular weight excluding hydrogens is 314 g/mol. The van der Waals surface area contributed by atoms with E-state index in [9.17, 15) is 5.11 Å². The van der Waals surface area contributed by atoms with E-state index in [4.69, 9.17) is 0 Å². The number of halogens is 1. The van der Waals surface area contributed by atoms with Crippen molar-refractivity contribution < 1.29 is 5.11 Å². The number of hydrogen-bond acceptors (Lipinski definition) is 2. The summed E-state index contributed by atoms with van der Waals surface area (Å²) in [6, 6.07) is 6.32. The molecule has 1 aromatic carbocycles. The van der Waals surface area contributed by atoms with Crippen molar-refractivity contribution in [2.75, 3.05) is 18.0 Å². The minimum atomic E-state index is -0.411. The summed E-state index contributed by atoms with van der Waals surface area (Å²) in [6.07, 6.45) is 6.56. The smallest absolute Gasteiger partial charge is 0.0782 e. The Kier molecular flexibility index (Phi) is 4.37. The van der Waals surface area contributed by atoms with Gasteiger partial charge in [-0.05, 0) is 49.8 Å². The Balaban J connectivity index is 1.82. The number of nitrogens with zero attached hydrogens (tertiary/aromatic N) is 1. The van der Waals surface area contributed by atoms with Crippen LogP contribution in [0.5, 0.6) is 0 Å². The van der Waals surface area contributed by atoms with Crippen molar-refractivity contribution in [1.29, 1.82) is 0 Å². The van der Waals surface area contributed by atoms with E-state index in [1.54, 1.807) is 0 Å². The Morgan fingerprint density at radius 1 is 1.20 bits per heavy atom. The zero-order chi connectivity index (χ0) is 14.1. The molecule has 3 atom stereocenters. The van der Waals surface area contributed by atoms with E-state index in [2.05, 4.69) is 39.0 Å². The highest BCUT2D eigenvalue weighted by Gasteiger charge is 2.32. The zero-order valence-corrected chi connectivity index (χ0v) is 13.8. The predicted octanol–water partition coefficient (Wildman–Crippen LogP) is 4.52. The molecule has 2 fully saturated rings. The Morgan fingerprint density at radius 2 is 1.95 bits per heavy atom. The number of aliphatic hydroxyl groups excluding tert-OH is 1. The van der Waals surface area contributed by atoms with E-state index in [0.717, 1.165) is 28.4 Å². The molecule has 0 bridgehead atoms. The summed E-state index contributed by atoms with van der Waals surface area (Å²) in [5.74, 6) is 1.81. The molecule has 1 aliphatic carbocycles. The number of anilines is 1. The Morgan fingerprint density at radius 3 is 2.70 bits per heavy atom. The van der Waals surface area contributed by atoms with Crippen LogP contribution in [-0.2, 0) is 0 Å². The molecule has 2 aliphatic rings. The van der Waals surface area contributed by atoms with Crippen molar-refractivity contribution in [2.45, 2.75) is 45.1 Å². The molecule has 0 radical (unpaired) electrons. The third-order valence-corrected chi connectivity index (χ3v) is 5.56. The van der Waals surface area contributed by atoms with Crippen LogP contribution in [0.15, 0.2) is 22.7 Å². The van der Waals surface area contributed by atoms with Crippen molar-refractivity contribution in [3.8, 4) is 0 Å². The molecule has 1 N–H and O–H groups in total. The van der Waals surface area contributed by atoms with E-state index >= 15 is 0 Å². The van der Waals surface area contributed by atoms with E-state index in [-0.39, 0.29) is 0 Å². The fourth-order valence-corrected chi connectivity index (χ4v) is 4.35. The summed E-state index contributed by atoms with van der Waals surface area (Å²) in [5.41, 5.74) is 2.28. The van der Waals surface area contributed by atoms with Gasteiger partial charge in [0.15, 0.2) is 0 Å². The summed E-state index contributed by atoms with van der Waals surface area (Å²) in [4.78, 5) is 2.50. The molecule has 1 aliphatic heterocycles. The van der Waals surface area contributed by atoms with Crippen LogP contribution in [0, 0.1) is 11.8 Å². The van der Waals surface area contributed by atoms with Crippen LogP contribution in [0.25, 0.3) is 0 Å². The van der Waals surface area contributed by atoms with Crippen LogP contribution < -0.4 is 4.90 Å². The van der Waals surface area contributed by atoms with E-state index in [1.807, 2.05) is 6.92 Å². The van der Waals surface area contributed by atoms with Crippen LogP contribution in [0.2, 0.25) is 0 Å². The monoisotopic (exact) mass is 337 g/mol. The van der Waals surface area contributed by atoms with Crippen LogP contribution in [0.3, 0.4) is 0 Å². The molecule has 1 saturated heterocycles. The first-order valence-corrected chi connectivity index (χ1v) is 8.67. The third kappa shape index (κ3) is 2.89. The molecule has 3 rings (SSSR count). The van der Waals surface area contributed by atoms with Gasteiger partial charge in [-0.15, -0.1) is 0 Å². The van der Waals surface area contributed by atoms with E-state index in [0.29, 0.717) is 0 Å². The second-order valence-electron chi connectivity index (χ2n) is 6.42. The molecule has 0 amide bonds. The topological polar surface area (TPSA) is 23.5 Å². The van der Waals surface area contributed by atoms with Crippen LogP contribution in [0.4, 0.5) is 5.69 Å². The molecule has 1 aromatic rings. The molecule has 3 unspecified atom stereocenters. The standard InChI is InChI=1S/C17H24BrNO/c1-12(20)16-10-15(18)6-7-17(16)19-9-8-13-4-2-3-5-14(13)11-19/h6-7,10,12-14,20H,2-5,8-9,11H2,1H3. The first-order valence-electron chi connectivity index (χ1n) is 7.87. The van der Waals surface area contributed by atoms with Crippen LogP contribution in [0.1, 0.15) is 50.7 Å². The van der Waals surface area contributed by atoms with Crippen molar-refractivity contribution in [1.82, 2.24) is 0 Å². The quantitative estimate of drug-likeness (QED) is 0.857. The number of hydrogen-bond donors (Lipinski definition) is 1. The maximum Gasteiger partial charge on any atom is 0.0782 e. The third-order valence-electron chi connectivity index (χ3n) is 5.07. The van der Waals surface area contributed by atoms with Gasteiger partial charge in [-0.25, -0.2) is 0 Å². The maximum atomic E-state index is 10.0. The van der Waals surface area contributed by atoms with Gasteiger partial charge in [0.05, 0.1) is 6.10 Å². The zero-order valence-electron chi connectivity index (χ0n) is 12.2.